The summed E-state index contributed by atoms with van der Waals surface area (Å²) < 4.78 is 25.4. The maximum absolute atomic E-state index is 11.6. The van der Waals surface area contributed by atoms with Gasteiger partial charge in [0, 0.05) is 17.8 Å². The summed E-state index contributed by atoms with van der Waals surface area (Å²) in [6.45, 7) is 2.73. The smallest absolute Gasteiger partial charge is 0.323 e. The lowest BCUT2D eigenvalue weighted by Crippen LogP contribution is -2.38. The zero-order valence-corrected chi connectivity index (χ0v) is 9.65. The lowest BCUT2D eigenvalue weighted by Gasteiger charge is -2.14. The first-order valence-corrected chi connectivity index (χ1v) is 6.12. The van der Waals surface area contributed by atoms with E-state index in [9.17, 15) is 13.2 Å². The van der Waals surface area contributed by atoms with Crippen molar-refractivity contribution >= 4 is 16.0 Å². The first-order valence-electron chi connectivity index (χ1n) is 4.57. The summed E-state index contributed by atoms with van der Waals surface area (Å²) in [4.78, 5) is 10.6. The molecule has 7 nitrogen and oxygen atoms in total. The zero-order valence-electron chi connectivity index (χ0n) is 8.84. The number of nitrogens with zero attached hydrogens (tertiary/aromatic N) is 1. The van der Waals surface area contributed by atoms with Gasteiger partial charge >= 0.3 is 5.97 Å². The first kappa shape index (κ1) is 12.7. The normalized spacial score (nSPS) is 15.6. The maximum Gasteiger partial charge on any atom is 0.323 e. The van der Waals surface area contributed by atoms with Gasteiger partial charge in [-0.3, -0.25) is 9.89 Å². The van der Waals surface area contributed by atoms with Gasteiger partial charge in [0.15, 0.2) is 5.25 Å². The minimum Gasteiger partial charge on any atom is -0.480 e. The number of aromatic amines is 1. The van der Waals surface area contributed by atoms with Gasteiger partial charge < -0.3 is 5.11 Å². The van der Waals surface area contributed by atoms with E-state index in [1.807, 2.05) is 0 Å². The van der Waals surface area contributed by atoms with Crippen LogP contribution < -0.4 is 4.72 Å². The fraction of sp³-hybridized carbons (Fsp3) is 0.500. The molecule has 1 heterocycles. The molecule has 8 heteroatoms. The number of carboxylic acid groups (broad SMARTS) is 1. The molecular formula is C8H13N3O4S. The van der Waals surface area contributed by atoms with Crippen LogP contribution >= 0.6 is 0 Å². The van der Waals surface area contributed by atoms with Crippen molar-refractivity contribution in [3.8, 4) is 0 Å². The number of aromatic nitrogens is 2. The second kappa shape index (κ2) is 4.62. The van der Waals surface area contributed by atoms with Crippen LogP contribution in [0.5, 0.6) is 0 Å². The van der Waals surface area contributed by atoms with Crippen molar-refractivity contribution in [1.29, 1.82) is 0 Å². The third-order valence-electron chi connectivity index (χ3n) is 2.17. The van der Waals surface area contributed by atoms with Crippen LogP contribution in [0.4, 0.5) is 0 Å². The second-order valence-electron chi connectivity index (χ2n) is 3.40. The number of hydrogen-bond donors (Lipinski definition) is 3. The Hall–Kier alpha value is -1.41. The molecule has 0 aliphatic carbocycles. The molecule has 3 N–H and O–H groups in total. The molecule has 0 fully saturated rings. The molecule has 0 saturated carbocycles. The van der Waals surface area contributed by atoms with Crippen molar-refractivity contribution in [1.82, 2.24) is 14.9 Å². The van der Waals surface area contributed by atoms with Gasteiger partial charge in [-0.2, -0.15) is 5.10 Å². The van der Waals surface area contributed by atoms with E-state index in [0.29, 0.717) is 5.56 Å². The Balaban J connectivity index is 2.78. The molecule has 1 aromatic rings. The Morgan fingerprint density at radius 1 is 1.56 bits per heavy atom. The highest BCUT2D eigenvalue weighted by molar-refractivity contribution is 7.90. The van der Waals surface area contributed by atoms with Gasteiger partial charge in [-0.1, -0.05) is 0 Å². The van der Waals surface area contributed by atoms with E-state index in [2.05, 4.69) is 14.9 Å². The first-order chi connectivity index (χ1) is 7.34. The number of sulfonamides is 1. The summed E-state index contributed by atoms with van der Waals surface area (Å²) in [6.07, 6.45) is 3.01. The largest absolute Gasteiger partial charge is 0.480 e. The van der Waals surface area contributed by atoms with E-state index in [4.69, 9.17) is 5.11 Å². The van der Waals surface area contributed by atoms with E-state index >= 15 is 0 Å². The topological polar surface area (TPSA) is 112 Å². The molecule has 16 heavy (non-hydrogen) atoms. The van der Waals surface area contributed by atoms with Gasteiger partial charge in [-0.15, -0.1) is 0 Å². The molecule has 0 aliphatic heterocycles. The third kappa shape index (κ3) is 2.80. The molecule has 0 spiro atoms. The van der Waals surface area contributed by atoms with Gasteiger partial charge in [-0.25, -0.2) is 13.1 Å². The summed E-state index contributed by atoms with van der Waals surface area (Å²) in [7, 11) is -3.88. The number of rotatable bonds is 5. The van der Waals surface area contributed by atoms with Crippen LogP contribution in [0.3, 0.4) is 0 Å². The van der Waals surface area contributed by atoms with Gasteiger partial charge in [0.2, 0.25) is 10.0 Å². The SMILES string of the molecule is CC(NS(=O)(=O)C(C)C(=O)O)c1cn[nH]c1. The monoisotopic (exact) mass is 247 g/mol. The molecule has 2 unspecified atom stereocenters. The number of H-pyrrole nitrogens is 1. The van der Waals surface area contributed by atoms with Crippen LogP contribution in [-0.4, -0.2) is 34.9 Å². The second-order valence-corrected chi connectivity index (χ2v) is 5.43. The fourth-order valence-electron chi connectivity index (χ4n) is 1.05. The average Bonchev–Trinajstić information content (AvgIpc) is 2.68. The standard InChI is InChI=1S/C8H13N3O4S/c1-5(7-3-9-10-4-7)11-16(14,15)6(2)8(12)13/h3-6,11H,1-2H3,(H,9,10)(H,12,13). The van der Waals surface area contributed by atoms with Crippen LogP contribution in [-0.2, 0) is 14.8 Å². The van der Waals surface area contributed by atoms with Crippen molar-refractivity contribution in [2.75, 3.05) is 0 Å². The predicted octanol–water partition coefficient (Wildman–Crippen LogP) is -0.137. The quantitative estimate of drug-likeness (QED) is 0.670. The van der Waals surface area contributed by atoms with Crippen LogP contribution in [0.15, 0.2) is 12.4 Å². The molecule has 90 valence electrons. The molecule has 2 atom stereocenters. The average molecular weight is 247 g/mol. The highest BCUT2D eigenvalue weighted by Crippen LogP contribution is 2.12. The highest BCUT2D eigenvalue weighted by atomic mass is 32.2. The molecule has 1 rings (SSSR count). The van der Waals surface area contributed by atoms with Crippen LogP contribution in [0.25, 0.3) is 0 Å². The Kier molecular flexibility index (Phi) is 3.66. The lowest BCUT2D eigenvalue weighted by molar-refractivity contribution is -0.136. The fourth-order valence-corrected chi connectivity index (χ4v) is 2.15. The molecule has 0 amide bonds. The van der Waals surface area contributed by atoms with Crippen molar-refractivity contribution in [3.05, 3.63) is 18.0 Å². The molecule has 0 aliphatic rings. The molecule has 0 aromatic carbocycles. The summed E-state index contributed by atoms with van der Waals surface area (Å²) in [6, 6.07) is -0.523. The van der Waals surface area contributed by atoms with E-state index in [1.165, 1.54) is 6.20 Å². The van der Waals surface area contributed by atoms with Crippen molar-refractivity contribution in [2.45, 2.75) is 25.1 Å². The predicted molar refractivity (Wildman–Crippen MR) is 56.2 cm³/mol. The summed E-state index contributed by atoms with van der Waals surface area (Å²) in [5, 5.41) is 13.4. The van der Waals surface area contributed by atoms with E-state index < -0.39 is 27.3 Å². The van der Waals surface area contributed by atoms with Crippen molar-refractivity contribution < 1.29 is 18.3 Å². The third-order valence-corrected chi connectivity index (χ3v) is 3.99. The molecule has 0 saturated heterocycles. The summed E-state index contributed by atoms with van der Waals surface area (Å²) >= 11 is 0. The highest BCUT2D eigenvalue weighted by Gasteiger charge is 2.29. The minimum atomic E-state index is -3.88. The Morgan fingerprint density at radius 3 is 2.62 bits per heavy atom. The molecule has 0 radical (unpaired) electrons. The van der Waals surface area contributed by atoms with Gasteiger partial charge in [-0.05, 0) is 13.8 Å². The number of aliphatic carboxylic acids is 1. The van der Waals surface area contributed by atoms with Crippen LogP contribution in [0.1, 0.15) is 25.5 Å². The van der Waals surface area contributed by atoms with Crippen LogP contribution in [0.2, 0.25) is 0 Å². The number of hydrogen-bond acceptors (Lipinski definition) is 4. The Labute approximate surface area is 92.9 Å². The molecular weight excluding hydrogens is 234 g/mol. The van der Waals surface area contributed by atoms with E-state index in [0.717, 1.165) is 6.92 Å². The van der Waals surface area contributed by atoms with Crippen molar-refractivity contribution in [3.63, 3.8) is 0 Å². The number of carbonyl (C=O) groups is 1. The van der Waals surface area contributed by atoms with Crippen molar-refractivity contribution in [2.24, 2.45) is 0 Å². The van der Waals surface area contributed by atoms with Crippen LogP contribution in [0, 0.1) is 0 Å². The lowest BCUT2D eigenvalue weighted by atomic mass is 10.2. The number of nitrogens with one attached hydrogen (secondary N) is 2. The Bertz CT molecular complexity index is 454. The minimum absolute atomic E-state index is 0.523. The van der Waals surface area contributed by atoms with E-state index in [1.54, 1.807) is 13.1 Å². The van der Waals surface area contributed by atoms with Gasteiger partial charge in [0.1, 0.15) is 0 Å². The maximum atomic E-state index is 11.6. The molecule has 1 aromatic heterocycles. The number of carboxylic acids is 1. The van der Waals surface area contributed by atoms with Gasteiger partial charge in [0.05, 0.1) is 6.20 Å². The summed E-state index contributed by atoms with van der Waals surface area (Å²) in [5.74, 6) is -1.38. The molecule has 0 bridgehead atoms. The Morgan fingerprint density at radius 2 is 2.19 bits per heavy atom. The van der Waals surface area contributed by atoms with E-state index in [-0.39, 0.29) is 0 Å². The zero-order chi connectivity index (χ0) is 12.3. The summed E-state index contributed by atoms with van der Waals surface area (Å²) in [5.41, 5.74) is 0.640. The van der Waals surface area contributed by atoms with Gasteiger partial charge in [0.25, 0.3) is 0 Å².